The molecule has 18 heavy (non-hydrogen) atoms. The van der Waals surface area contributed by atoms with Crippen molar-refractivity contribution in [3.63, 3.8) is 0 Å². The van der Waals surface area contributed by atoms with Gasteiger partial charge in [0.2, 0.25) is 0 Å². The Hall–Kier alpha value is -2.24. The monoisotopic (exact) mass is 247 g/mol. The molecule has 0 atom stereocenters. The Kier molecular flexibility index (Phi) is 2.19. The van der Waals surface area contributed by atoms with Crippen molar-refractivity contribution in [2.75, 3.05) is 0 Å². The minimum atomic E-state index is -0.593. The van der Waals surface area contributed by atoms with Gasteiger partial charge in [-0.25, -0.2) is 9.37 Å². The fourth-order valence-corrected chi connectivity index (χ4v) is 2.16. The number of aryl methyl sites for hydroxylation is 1. The standard InChI is InChI=1S/C12H10FN3O2/c1-16-5-8(13)9-11(16)14-10(15-12(9)18)6-2-3-7(17)4-6/h4-5H,2-3H2,1H3,(H,14,15,18). The first-order valence-electron chi connectivity index (χ1n) is 5.55. The smallest absolute Gasteiger partial charge is 0.263 e. The van der Waals surface area contributed by atoms with Crippen LogP contribution < -0.4 is 5.56 Å². The van der Waals surface area contributed by atoms with Gasteiger partial charge in [0.25, 0.3) is 5.56 Å². The lowest BCUT2D eigenvalue weighted by Gasteiger charge is -2.01. The zero-order chi connectivity index (χ0) is 12.9. The molecule has 0 radical (unpaired) electrons. The van der Waals surface area contributed by atoms with Gasteiger partial charge in [0.1, 0.15) is 11.2 Å². The van der Waals surface area contributed by atoms with Crippen molar-refractivity contribution >= 4 is 22.4 Å². The third-order valence-corrected chi connectivity index (χ3v) is 3.06. The van der Waals surface area contributed by atoms with E-state index >= 15 is 0 Å². The highest BCUT2D eigenvalue weighted by molar-refractivity contribution is 6.01. The number of ketones is 1. The predicted octanol–water partition coefficient (Wildman–Crippen LogP) is 1.15. The fourth-order valence-electron chi connectivity index (χ4n) is 2.16. The molecule has 92 valence electrons. The molecule has 0 amide bonds. The highest BCUT2D eigenvalue weighted by Gasteiger charge is 2.18. The Labute approximate surface area is 101 Å². The molecular formula is C12H10FN3O2. The van der Waals surface area contributed by atoms with Crippen LogP contribution in [0, 0.1) is 5.82 Å². The van der Waals surface area contributed by atoms with E-state index in [1.54, 1.807) is 7.05 Å². The van der Waals surface area contributed by atoms with E-state index in [0.29, 0.717) is 24.2 Å². The van der Waals surface area contributed by atoms with Crippen molar-refractivity contribution in [2.24, 2.45) is 7.05 Å². The van der Waals surface area contributed by atoms with Crippen LogP contribution >= 0.6 is 0 Å². The summed E-state index contributed by atoms with van der Waals surface area (Å²) in [6.07, 6.45) is 3.67. The number of hydrogen-bond acceptors (Lipinski definition) is 3. The number of carbonyl (C=O) groups excluding carboxylic acids is 1. The number of carbonyl (C=O) groups is 1. The summed E-state index contributed by atoms with van der Waals surface area (Å²) < 4.78 is 14.9. The summed E-state index contributed by atoms with van der Waals surface area (Å²) in [4.78, 5) is 29.7. The molecule has 0 saturated heterocycles. The molecule has 0 bridgehead atoms. The van der Waals surface area contributed by atoms with Crippen LogP contribution in [0.3, 0.4) is 0 Å². The first kappa shape index (κ1) is 10.9. The lowest BCUT2D eigenvalue weighted by molar-refractivity contribution is -0.114. The molecular weight excluding hydrogens is 237 g/mol. The van der Waals surface area contributed by atoms with Crippen LogP contribution in [0.5, 0.6) is 0 Å². The van der Waals surface area contributed by atoms with E-state index in [0.717, 1.165) is 0 Å². The Morgan fingerprint density at radius 1 is 1.39 bits per heavy atom. The Bertz CT molecular complexity index is 755. The molecule has 2 aromatic rings. The molecule has 3 rings (SSSR count). The molecule has 1 aliphatic rings. The van der Waals surface area contributed by atoms with Crippen molar-refractivity contribution in [3.05, 3.63) is 34.3 Å². The molecule has 1 N–H and O–H groups in total. The molecule has 5 nitrogen and oxygen atoms in total. The fraction of sp³-hybridized carbons (Fsp3) is 0.250. The molecule has 2 aromatic heterocycles. The van der Waals surface area contributed by atoms with Crippen molar-refractivity contribution in [1.82, 2.24) is 14.5 Å². The summed E-state index contributed by atoms with van der Waals surface area (Å²) >= 11 is 0. The van der Waals surface area contributed by atoms with Crippen LogP contribution in [-0.4, -0.2) is 20.3 Å². The molecule has 0 spiro atoms. The highest BCUT2D eigenvalue weighted by Crippen LogP contribution is 2.23. The van der Waals surface area contributed by atoms with E-state index in [1.165, 1.54) is 16.8 Å². The van der Waals surface area contributed by atoms with Gasteiger partial charge in [0.05, 0.1) is 0 Å². The number of allylic oxidation sites excluding steroid dienone is 2. The molecule has 0 aromatic carbocycles. The SMILES string of the molecule is Cn1cc(F)c2c(=O)[nH]c(C3=CC(=O)CC3)nc21. The number of H-pyrrole nitrogens is 1. The number of nitrogens with zero attached hydrogens (tertiary/aromatic N) is 2. The van der Waals surface area contributed by atoms with Gasteiger partial charge in [-0.3, -0.25) is 9.59 Å². The highest BCUT2D eigenvalue weighted by atomic mass is 19.1. The number of fused-ring (bicyclic) bond motifs is 1. The summed E-state index contributed by atoms with van der Waals surface area (Å²) in [5, 5.41) is -0.0498. The zero-order valence-electron chi connectivity index (χ0n) is 9.66. The van der Waals surface area contributed by atoms with Crippen LogP contribution in [0.2, 0.25) is 0 Å². The second-order valence-electron chi connectivity index (χ2n) is 4.34. The lowest BCUT2D eigenvalue weighted by atomic mass is 10.2. The minimum Gasteiger partial charge on any atom is -0.332 e. The summed E-state index contributed by atoms with van der Waals surface area (Å²) in [5.41, 5.74) is 0.459. The van der Waals surface area contributed by atoms with Gasteiger partial charge in [0.15, 0.2) is 17.2 Å². The summed E-state index contributed by atoms with van der Waals surface area (Å²) in [6.45, 7) is 0. The minimum absolute atomic E-state index is 0.0193. The maximum atomic E-state index is 13.5. The molecule has 0 saturated carbocycles. The normalized spacial score (nSPS) is 15.4. The van der Waals surface area contributed by atoms with Gasteiger partial charge in [-0.2, -0.15) is 0 Å². The largest absolute Gasteiger partial charge is 0.332 e. The van der Waals surface area contributed by atoms with E-state index < -0.39 is 11.4 Å². The summed E-state index contributed by atoms with van der Waals surface area (Å²) in [6, 6.07) is 0. The Morgan fingerprint density at radius 3 is 2.83 bits per heavy atom. The van der Waals surface area contributed by atoms with Gasteiger partial charge < -0.3 is 9.55 Å². The quantitative estimate of drug-likeness (QED) is 0.821. The average molecular weight is 247 g/mol. The van der Waals surface area contributed by atoms with Gasteiger partial charge >= 0.3 is 0 Å². The number of aromatic nitrogens is 3. The predicted molar refractivity (Wildman–Crippen MR) is 63.5 cm³/mol. The van der Waals surface area contributed by atoms with Crippen LogP contribution in [0.1, 0.15) is 18.7 Å². The second-order valence-corrected chi connectivity index (χ2v) is 4.34. The summed E-state index contributed by atoms with van der Waals surface area (Å²) in [5.74, 6) is -0.227. The van der Waals surface area contributed by atoms with E-state index in [4.69, 9.17) is 0 Å². The first-order chi connectivity index (χ1) is 8.56. The maximum absolute atomic E-state index is 13.5. The van der Waals surface area contributed by atoms with Crippen molar-refractivity contribution < 1.29 is 9.18 Å². The zero-order valence-corrected chi connectivity index (χ0v) is 9.66. The van der Waals surface area contributed by atoms with Crippen LogP contribution in [0.25, 0.3) is 16.6 Å². The molecule has 0 unspecified atom stereocenters. The lowest BCUT2D eigenvalue weighted by Crippen LogP contribution is -2.12. The van der Waals surface area contributed by atoms with E-state index in [2.05, 4.69) is 9.97 Å². The number of nitrogens with one attached hydrogen (secondary N) is 1. The molecule has 1 aliphatic carbocycles. The van der Waals surface area contributed by atoms with E-state index in [9.17, 15) is 14.0 Å². The van der Waals surface area contributed by atoms with Gasteiger partial charge in [-0.05, 0) is 18.1 Å². The second kappa shape index (κ2) is 3.63. The Balaban J connectivity index is 2.28. The van der Waals surface area contributed by atoms with Crippen molar-refractivity contribution in [1.29, 1.82) is 0 Å². The number of halogens is 1. The van der Waals surface area contributed by atoms with Gasteiger partial charge in [-0.1, -0.05) is 0 Å². The number of hydrogen-bond donors (Lipinski definition) is 1. The molecule has 0 aliphatic heterocycles. The number of rotatable bonds is 1. The topological polar surface area (TPSA) is 67.8 Å². The van der Waals surface area contributed by atoms with Gasteiger partial charge in [-0.15, -0.1) is 0 Å². The van der Waals surface area contributed by atoms with Crippen LogP contribution in [0.15, 0.2) is 17.1 Å². The third kappa shape index (κ3) is 1.49. The molecule has 6 heteroatoms. The van der Waals surface area contributed by atoms with Crippen LogP contribution in [-0.2, 0) is 11.8 Å². The van der Waals surface area contributed by atoms with Crippen molar-refractivity contribution in [2.45, 2.75) is 12.8 Å². The maximum Gasteiger partial charge on any atom is 0.263 e. The first-order valence-corrected chi connectivity index (χ1v) is 5.55. The number of aromatic amines is 1. The third-order valence-electron chi connectivity index (χ3n) is 3.06. The van der Waals surface area contributed by atoms with Crippen LogP contribution in [0.4, 0.5) is 4.39 Å². The summed E-state index contributed by atoms with van der Waals surface area (Å²) in [7, 11) is 1.62. The molecule has 2 heterocycles. The Morgan fingerprint density at radius 2 is 2.17 bits per heavy atom. The average Bonchev–Trinajstić information content (AvgIpc) is 2.84. The van der Waals surface area contributed by atoms with Crippen molar-refractivity contribution in [3.8, 4) is 0 Å². The molecule has 0 fully saturated rings. The van der Waals surface area contributed by atoms with Gasteiger partial charge in [0, 0.05) is 19.7 Å². The van der Waals surface area contributed by atoms with E-state index in [1.807, 2.05) is 0 Å². The van der Waals surface area contributed by atoms with E-state index in [-0.39, 0.29) is 16.8 Å².